The van der Waals surface area contributed by atoms with E-state index in [9.17, 15) is 12.8 Å². The maximum atomic E-state index is 13.3. The van der Waals surface area contributed by atoms with E-state index in [2.05, 4.69) is 4.98 Å². The highest BCUT2D eigenvalue weighted by molar-refractivity contribution is 7.89. The van der Waals surface area contributed by atoms with E-state index in [4.69, 9.17) is 5.14 Å². The molecule has 0 fully saturated rings. The van der Waals surface area contributed by atoms with Crippen LogP contribution in [0.4, 0.5) is 4.39 Å². The molecule has 0 saturated heterocycles. The zero-order valence-electron chi connectivity index (χ0n) is 13.5. The summed E-state index contributed by atoms with van der Waals surface area (Å²) < 4.78 is 38.2. The number of hydrogen-bond donors (Lipinski definition) is 1. The quantitative estimate of drug-likeness (QED) is 0.602. The first-order valence-electron chi connectivity index (χ1n) is 7.80. The highest BCUT2D eigenvalue weighted by Gasteiger charge is 2.16. The Bertz CT molecular complexity index is 1200. The summed E-state index contributed by atoms with van der Waals surface area (Å²) in [6.45, 7) is 0. The molecule has 0 aliphatic carbocycles. The average Bonchev–Trinajstić information content (AvgIpc) is 3.01. The summed E-state index contributed by atoms with van der Waals surface area (Å²) in [7, 11) is -3.76. The number of hydrogen-bond acceptors (Lipinski definition) is 3. The Hall–Kier alpha value is -3.03. The van der Waals surface area contributed by atoms with E-state index in [-0.39, 0.29) is 10.7 Å². The lowest BCUT2D eigenvalue weighted by Crippen LogP contribution is -2.11. The Morgan fingerprint density at radius 3 is 2.19 bits per heavy atom. The fourth-order valence-corrected chi connectivity index (χ4v) is 3.40. The largest absolute Gasteiger partial charge is 0.299 e. The molecule has 130 valence electrons. The number of rotatable bonds is 3. The first-order chi connectivity index (χ1) is 12.4. The topological polar surface area (TPSA) is 77.5 Å². The molecular weight excluding hydrogens is 353 g/mol. The third kappa shape index (κ3) is 2.87. The predicted octanol–water partition coefficient (Wildman–Crippen LogP) is 3.45. The second-order valence-corrected chi connectivity index (χ2v) is 7.38. The first-order valence-corrected chi connectivity index (χ1v) is 9.34. The van der Waals surface area contributed by atoms with Crippen molar-refractivity contribution < 1.29 is 12.8 Å². The molecule has 0 aliphatic heterocycles. The molecule has 26 heavy (non-hydrogen) atoms. The van der Waals surface area contributed by atoms with Crippen LogP contribution >= 0.6 is 0 Å². The minimum absolute atomic E-state index is 0.0402. The Morgan fingerprint density at radius 1 is 0.885 bits per heavy atom. The normalized spacial score (nSPS) is 11.8. The third-order valence-electron chi connectivity index (χ3n) is 4.10. The van der Waals surface area contributed by atoms with Gasteiger partial charge in [0.15, 0.2) is 0 Å². The fraction of sp³-hybridized carbons (Fsp3) is 0. The van der Waals surface area contributed by atoms with Crippen molar-refractivity contribution in [1.29, 1.82) is 0 Å². The lowest BCUT2D eigenvalue weighted by Gasteiger charge is -2.07. The van der Waals surface area contributed by atoms with E-state index >= 15 is 0 Å². The highest BCUT2D eigenvalue weighted by atomic mass is 32.2. The Labute approximate surface area is 149 Å². The van der Waals surface area contributed by atoms with Crippen molar-refractivity contribution in [3.8, 4) is 22.5 Å². The molecule has 7 heteroatoms. The number of primary sulfonamides is 1. The number of aromatic nitrogens is 2. The van der Waals surface area contributed by atoms with Crippen LogP contribution in [-0.2, 0) is 10.0 Å². The van der Waals surface area contributed by atoms with Gasteiger partial charge in [-0.05, 0) is 48.5 Å². The van der Waals surface area contributed by atoms with Crippen molar-refractivity contribution in [3.05, 3.63) is 78.7 Å². The van der Waals surface area contributed by atoms with Gasteiger partial charge < -0.3 is 0 Å². The van der Waals surface area contributed by atoms with E-state index < -0.39 is 10.0 Å². The molecule has 0 spiro atoms. The molecule has 0 saturated carbocycles. The monoisotopic (exact) mass is 367 g/mol. The van der Waals surface area contributed by atoms with Gasteiger partial charge in [0.2, 0.25) is 10.0 Å². The third-order valence-corrected chi connectivity index (χ3v) is 5.03. The van der Waals surface area contributed by atoms with Crippen LogP contribution in [0.15, 0.2) is 77.8 Å². The molecule has 0 aliphatic rings. The molecule has 0 unspecified atom stereocenters. The Kier molecular flexibility index (Phi) is 3.82. The zero-order chi connectivity index (χ0) is 18.3. The van der Waals surface area contributed by atoms with Crippen LogP contribution in [0.2, 0.25) is 0 Å². The number of nitrogens with zero attached hydrogens (tertiary/aromatic N) is 2. The number of halogens is 1. The van der Waals surface area contributed by atoms with Gasteiger partial charge in [-0.15, -0.1) is 0 Å². The van der Waals surface area contributed by atoms with Gasteiger partial charge in [-0.25, -0.2) is 22.9 Å². The SMILES string of the molecule is NS(=O)(=O)c1ccc(-c2c(-c3ccc(F)cc3)nc3ccccn23)cc1. The van der Waals surface area contributed by atoms with Crippen molar-refractivity contribution in [2.45, 2.75) is 4.90 Å². The molecule has 2 aromatic carbocycles. The van der Waals surface area contributed by atoms with Crippen LogP contribution in [0, 0.1) is 5.82 Å². The molecule has 5 nitrogen and oxygen atoms in total. The van der Waals surface area contributed by atoms with Crippen molar-refractivity contribution >= 4 is 15.7 Å². The fourth-order valence-electron chi connectivity index (χ4n) is 2.88. The summed E-state index contributed by atoms with van der Waals surface area (Å²) >= 11 is 0. The zero-order valence-corrected chi connectivity index (χ0v) is 14.3. The highest BCUT2D eigenvalue weighted by Crippen LogP contribution is 2.33. The summed E-state index contributed by atoms with van der Waals surface area (Å²) in [6, 6.07) is 18.0. The second-order valence-electron chi connectivity index (χ2n) is 5.81. The van der Waals surface area contributed by atoms with E-state index in [0.29, 0.717) is 5.69 Å². The number of imidazole rings is 1. The molecule has 4 aromatic rings. The van der Waals surface area contributed by atoms with Gasteiger partial charge in [0.1, 0.15) is 11.5 Å². The number of sulfonamides is 1. The van der Waals surface area contributed by atoms with Crippen LogP contribution < -0.4 is 5.14 Å². The molecule has 0 radical (unpaired) electrons. The smallest absolute Gasteiger partial charge is 0.238 e. The van der Waals surface area contributed by atoms with E-state index in [1.807, 2.05) is 28.8 Å². The van der Waals surface area contributed by atoms with Crippen LogP contribution in [0.5, 0.6) is 0 Å². The van der Waals surface area contributed by atoms with Crippen LogP contribution in [0.3, 0.4) is 0 Å². The van der Waals surface area contributed by atoms with E-state index in [1.165, 1.54) is 24.3 Å². The molecule has 2 heterocycles. The standard InChI is InChI=1S/C19H14FN3O2S/c20-15-8-4-13(5-9-15)18-19(23-12-2-1-3-17(23)22-18)14-6-10-16(11-7-14)26(21,24)25/h1-12H,(H2,21,24,25). The lowest BCUT2D eigenvalue weighted by molar-refractivity contribution is 0.598. The summed E-state index contributed by atoms with van der Waals surface area (Å²) in [5.74, 6) is -0.323. The summed E-state index contributed by atoms with van der Waals surface area (Å²) in [5.41, 5.74) is 3.74. The molecule has 0 amide bonds. The molecule has 0 bridgehead atoms. The maximum absolute atomic E-state index is 13.3. The Balaban J connectivity index is 1.96. The summed E-state index contributed by atoms with van der Waals surface area (Å²) in [4.78, 5) is 4.70. The van der Waals surface area contributed by atoms with Crippen LogP contribution in [-0.4, -0.2) is 17.8 Å². The molecule has 2 N–H and O–H groups in total. The average molecular weight is 367 g/mol. The van der Waals surface area contributed by atoms with Crippen molar-refractivity contribution in [1.82, 2.24) is 9.38 Å². The molecular formula is C19H14FN3O2S. The van der Waals surface area contributed by atoms with Gasteiger partial charge in [-0.2, -0.15) is 0 Å². The first kappa shape index (κ1) is 16.4. The summed E-state index contributed by atoms with van der Waals surface area (Å²) in [5, 5.41) is 5.17. The minimum Gasteiger partial charge on any atom is -0.299 e. The minimum atomic E-state index is -3.76. The van der Waals surface area contributed by atoms with Crippen LogP contribution in [0.1, 0.15) is 0 Å². The number of nitrogens with two attached hydrogens (primary N) is 1. The van der Waals surface area contributed by atoms with Crippen molar-refractivity contribution in [2.75, 3.05) is 0 Å². The van der Waals surface area contributed by atoms with Gasteiger partial charge in [0.25, 0.3) is 0 Å². The lowest BCUT2D eigenvalue weighted by atomic mass is 10.0. The van der Waals surface area contributed by atoms with Gasteiger partial charge >= 0.3 is 0 Å². The number of pyridine rings is 1. The van der Waals surface area contributed by atoms with Gasteiger partial charge in [0, 0.05) is 17.3 Å². The number of benzene rings is 2. The molecule has 2 aromatic heterocycles. The summed E-state index contributed by atoms with van der Waals surface area (Å²) in [6.07, 6.45) is 1.87. The van der Waals surface area contributed by atoms with Crippen molar-refractivity contribution in [3.63, 3.8) is 0 Å². The van der Waals surface area contributed by atoms with E-state index in [1.54, 1.807) is 24.3 Å². The van der Waals surface area contributed by atoms with Crippen LogP contribution in [0.25, 0.3) is 28.2 Å². The maximum Gasteiger partial charge on any atom is 0.238 e. The van der Waals surface area contributed by atoms with E-state index in [0.717, 1.165) is 22.5 Å². The second kappa shape index (κ2) is 6.05. The molecule has 4 rings (SSSR count). The van der Waals surface area contributed by atoms with Gasteiger partial charge in [0.05, 0.1) is 16.3 Å². The van der Waals surface area contributed by atoms with Gasteiger partial charge in [-0.1, -0.05) is 18.2 Å². The Morgan fingerprint density at radius 2 is 1.54 bits per heavy atom. The molecule has 0 atom stereocenters. The van der Waals surface area contributed by atoms with Crippen molar-refractivity contribution in [2.24, 2.45) is 5.14 Å². The predicted molar refractivity (Wildman–Crippen MR) is 97.4 cm³/mol. The number of fused-ring (bicyclic) bond motifs is 1. The van der Waals surface area contributed by atoms with Gasteiger partial charge in [-0.3, -0.25) is 4.40 Å².